The first-order valence-electron chi connectivity index (χ1n) is 8.27. The summed E-state index contributed by atoms with van der Waals surface area (Å²) in [7, 11) is 0. The van der Waals surface area contributed by atoms with Crippen molar-refractivity contribution >= 4 is 39.7 Å². The minimum atomic E-state index is 0.487. The number of nitrogens with one attached hydrogen (secondary N) is 3. The fourth-order valence-corrected chi connectivity index (χ4v) is 2.93. The van der Waals surface area contributed by atoms with Crippen molar-refractivity contribution in [3.05, 3.63) is 60.6 Å². The number of nitrogens with zero attached hydrogens (tertiary/aromatic N) is 4. The van der Waals surface area contributed by atoms with Crippen LogP contribution in [0.3, 0.4) is 0 Å². The van der Waals surface area contributed by atoms with Gasteiger partial charge in [-0.25, -0.2) is 15.0 Å². The Morgan fingerprint density at radius 3 is 2.89 bits per heavy atom. The smallest absolute Gasteiger partial charge is 0.180 e. The molecule has 0 amide bonds. The minimum absolute atomic E-state index is 0.487. The summed E-state index contributed by atoms with van der Waals surface area (Å²) in [6.45, 7) is 0. The average molecular weight is 355 g/mol. The molecule has 0 unspecified atom stereocenters. The summed E-state index contributed by atoms with van der Waals surface area (Å²) < 4.78 is 0. The molecule has 0 radical (unpaired) electrons. The molecule has 1 aromatic carbocycles. The van der Waals surface area contributed by atoms with Gasteiger partial charge in [-0.15, -0.1) is 0 Å². The van der Waals surface area contributed by atoms with E-state index in [0.717, 1.165) is 28.3 Å². The van der Waals surface area contributed by atoms with Crippen LogP contribution in [0.5, 0.6) is 0 Å². The second kappa shape index (κ2) is 6.03. The zero-order valence-electron chi connectivity index (χ0n) is 14.0. The third-order valence-electron chi connectivity index (χ3n) is 4.22. The Kier molecular flexibility index (Phi) is 3.39. The predicted molar refractivity (Wildman–Crippen MR) is 102 cm³/mol. The largest absolute Gasteiger partial charge is 0.340 e. The van der Waals surface area contributed by atoms with Crippen LogP contribution in [0.15, 0.2) is 54.9 Å². The number of H-pyrrole nitrogens is 2. The minimum Gasteiger partial charge on any atom is -0.340 e. The zero-order valence-corrected chi connectivity index (χ0v) is 14.0. The van der Waals surface area contributed by atoms with Gasteiger partial charge < -0.3 is 10.3 Å². The molecule has 8 heteroatoms. The lowest BCUT2D eigenvalue weighted by molar-refractivity contribution is 0.111. The molecule has 0 saturated carbocycles. The number of hydrogen-bond donors (Lipinski definition) is 3. The lowest BCUT2D eigenvalue weighted by Crippen LogP contribution is -1.98. The van der Waals surface area contributed by atoms with Crippen LogP contribution in [0, 0.1) is 0 Å². The number of hydrogen-bond acceptors (Lipinski definition) is 6. The molecule has 130 valence electrons. The Bertz CT molecular complexity index is 1290. The molecule has 5 aromatic rings. The summed E-state index contributed by atoms with van der Waals surface area (Å²) in [5.41, 5.74) is 3.61. The number of rotatable bonds is 4. The highest BCUT2D eigenvalue weighted by molar-refractivity contribution is 5.87. The highest BCUT2D eigenvalue weighted by Gasteiger charge is 2.08. The van der Waals surface area contributed by atoms with E-state index in [1.54, 1.807) is 24.5 Å². The van der Waals surface area contributed by atoms with Gasteiger partial charge >= 0.3 is 0 Å². The third kappa shape index (κ3) is 2.78. The lowest BCUT2D eigenvalue weighted by atomic mass is 10.2. The van der Waals surface area contributed by atoms with E-state index in [4.69, 9.17) is 0 Å². The Hall–Kier alpha value is -4.07. The average Bonchev–Trinajstić information content (AvgIpc) is 3.33. The Labute approximate surface area is 152 Å². The highest BCUT2D eigenvalue weighted by atomic mass is 16.1. The number of anilines is 2. The molecule has 0 spiro atoms. The maximum Gasteiger partial charge on any atom is 0.180 e. The molecule has 0 atom stereocenters. The summed E-state index contributed by atoms with van der Waals surface area (Å²) in [5.74, 6) is 1.15. The van der Waals surface area contributed by atoms with Gasteiger partial charge in [-0.3, -0.25) is 9.89 Å². The second-order valence-electron chi connectivity index (χ2n) is 6.04. The molecule has 0 aliphatic rings. The zero-order chi connectivity index (χ0) is 18.2. The summed E-state index contributed by atoms with van der Waals surface area (Å²) in [6.07, 6.45) is 4.22. The van der Waals surface area contributed by atoms with E-state index in [2.05, 4.69) is 35.5 Å². The summed E-state index contributed by atoms with van der Waals surface area (Å²) in [6, 6.07) is 13.2. The molecule has 3 N–H and O–H groups in total. The van der Waals surface area contributed by atoms with Gasteiger partial charge in [0, 0.05) is 22.7 Å². The fourth-order valence-electron chi connectivity index (χ4n) is 2.93. The van der Waals surface area contributed by atoms with E-state index in [0.29, 0.717) is 28.7 Å². The van der Waals surface area contributed by atoms with Crippen molar-refractivity contribution in [2.24, 2.45) is 0 Å². The van der Waals surface area contributed by atoms with E-state index in [9.17, 15) is 4.79 Å². The standard InChI is InChI=1S/C19H13N7O/c27-10-14-7-11-1-3-16(24-18(11)23-14)19-20-6-5-17(25-19)22-13-2-4-15-12(8-13)9-21-26-15/h1-10H,(H,21,26)(H,23,24)(H,20,22,25). The summed E-state index contributed by atoms with van der Waals surface area (Å²) >= 11 is 0. The van der Waals surface area contributed by atoms with Crippen molar-refractivity contribution in [3.8, 4) is 11.5 Å². The van der Waals surface area contributed by atoms with Gasteiger partial charge in [0.05, 0.1) is 17.4 Å². The van der Waals surface area contributed by atoms with Crippen LogP contribution in [-0.2, 0) is 0 Å². The molecule has 8 nitrogen and oxygen atoms in total. The third-order valence-corrected chi connectivity index (χ3v) is 4.22. The number of carbonyl (C=O) groups is 1. The van der Waals surface area contributed by atoms with Crippen LogP contribution in [-0.4, -0.2) is 36.4 Å². The second-order valence-corrected chi connectivity index (χ2v) is 6.04. The van der Waals surface area contributed by atoms with Gasteiger partial charge in [0.15, 0.2) is 12.1 Å². The number of aromatic nitrogens is 6. The molecule has 4 heterocycles. The van der Waals surface area contributed by atoms with Gasteiger partial charge in [0.1, 0.15) is 17.2 Å². The van der Waals surface area contributed by atoms with Crippen molar-refractivity contribution in [2.45, 2.75) is 0 Å². The molecular formula is C19H13N7O. The van der Waals surface area contributed by atoms with Crippen LogP contribution in [0.4, 0.5) is 11.5 Å². The van der Waals surface area contributed by atoms with Crippen LogP contribution < -0.4 is 5.32 Å². The Balaban J connectivity index is 1.48. The van der Waals surface area contributed by atoms with Crippen LogP contribution >= 0.6 is 0 Å². The van der Waals surface area contributed by atoms with Crippen LogP contribution in [0.2, 0.25) is 0 Å². The van der Waals surface area contributed by atoms with Crippen molar-refractivity contribution < 1.29 is 4.79 Å². The molecule has 0 fully saturated rings. The number of benzene rings is 1. The number of aromatic amines is 2. The first-order chi connectivity index (χ1) is 13.3. The topological polar surface area (TPSA) is 112 Å². The predicted octanol–water partition coefficient (Wildman–Crippen LogP) is 3.45. The van der Waals surface area contributed by atoms with Crippen molar-refractivity contribution in [2.75, 3.05) is 5.32 Å². The molecular weight excluding hydrogens is 342 g/mol. The Morgan fingerprint density at radius 2 is 1.96 bits per heavy atom. The molecule has 4 aromatic heterocycles. The monoisotopic (exact) mass is 355 g/mol. The highest BCUT2D eigenvalue weighted by Crippen LogP contribution is 2.22. The van der Waals surface area contributed by atoms with E-state index in [1.165, 1.54) is 0 Å². The first kappa shape index (κ1) is 15.2. The molecule has 0 aliphatic heterocycles. The number of aldehydes is 1. The van der Waals surface area contributed by atoms with Gasteiger partial charge in [0.2, 0.25) is 0 Å². The quantitative estimate of drug-likeness (QED) is 0.426. The lowest BCUT2D eigenvalue weighted by Gasteiger charge is -2.07. The number of carbonyl (C=O) groups excluding carboxylic acids is 1. The number of fused-ring (bicyclic) bond motifs is 2. The Morgan fingerprint density at radius 1 is 1.00 bits per heavy atom. The van der Waals surface area contributed by atoms with E-state index < -0.39 is 0 Å². The molecule has 27 heavy (non-hydrogen) atoms. The van der Waals surface area contributed by atoms with E-state index >= 15 is 0 Å². The fraction of sp³-hybridized carbons (Fsp3) is 0. The summed E-state index contributed by atoms with van der Waals surface area (Å²) in [5, 5.41) is 12.1. The molecule has 5 rings (SSSR count). The van der Waals surface area contributed by atoms with Crippen molar-refractivity contribution in [3.63, 3.8) is 0 Å². The molecule has 0 bridgehead atoms. The number of pyridine rings is 1. The molecule has 0 saturated heterocycles. The van der Waals surface area contributed by atoms with Gasteiger partial charge in [-0.05, 0) is 42.5 Å². The van der Waals surface area contributed by atoms with Crippen molar-refractivity contribution in [1.82, 2.24) is 30.1 Å². The maximum absolute atomic E-state index is 10.9. The SMILES string of the molecule is O=Cc1cc2ccc(-c3nccc(Nc4ccc5[nH]ncc5c4)n3)nc2[nH]1. The maximum atomic E-state index is 10.9. The van der Waals surface area contributed by atoms with Crippen LogP contribution in [0.1, 0.15) is 10.5 Å². The van der Waals surface area contributed by atoms with Gasteiger partial charge in [-0.2, -0.15) is 5.10 Å². The van der Waals surface area contributed by atoms with E-state index in [1.807, 2.05) is 30.3 Å². The van der Waals surface area contributed by atoms with Crippen molar-refractivity contribution in [1.29, 1.82) is 0 Å². The van der Waals surface area contributed by atoms with Crippen LogP contribution in [0.25, 0.3) is 33.5 Å². The van der Waals surface area contributed by atoms with Gasteiger partial charge in [0.25, 0.3) is 0 Å². The first-order valence-corrected chi connectivity index (χ1v) is 8.27. The van der Waals surface area contributed by atoms with E-state index in [-0.39, 0.29) is 0 Å². The summed E-state index contributed by atoms with van der Waals surface area (Å²) in [4.78, 5) is 27.3. The van der Waals surface area contributed by atoms with Gasteiger partial charge in [-0.1, -0.05) is 0 Å². The normalized spacial score (nSPS) is 11.1. The molecule has 0 aliphatic carbocycles.